The van der Waals surface area contributed by atoms with E-state index in [0.29, 0.717) is 77.5 Å². The molecule has 0 spiro atoms. The third kappa shape index (κ3) is 6.54. The molecule has 1 aromatic carbocycles. The van der Waals surface area contributed by atoms with Crippen molar-refractivity contribution in [3.63, 3.8) is 0 Å². The van der Waals surface area contributed by atoms with Crippen molar-refractivity contribution in [2.75, 3.05) is 53.6 Å². The fourth-order valence-electron chi connectivity index (χ4n) is 4.45. The first-order chi connectivity index (χ1) is 20.1. The molecular weight excluding hydrogens is 578 g/mol. The Kier molecular flexibility index (Phi) is 9.47. The molecule has 15 heteroatoms. The van der Waals surface area contributed by atoms with Gasteiger partial charge >= 0.3 is 0 Å². The molecule has 1 fully saturated rings. The number of nitrogens with zero attached hydrogens (tertiary/aromatic N) is 8. The summed E-state index contributed by atoms with van der Waals surface area (Å²) >= 11 is 1.39. The van der Waals surface area contributed by atoms with Gasteiger partial charge < -0.3 is 9.80 Å². The van der Waals surface area contributed by atoms with Crippen LogP contribution in [0.2, 0.25) is 0 Å². The first-order valence-corrected chi connectivity index (χ1v) is 15.7. The number of rotatable bonds is 9. The molecule has 2 N–H and O–H groups in total. The average Bonchev–Trinajstić information content (AvgIpc) is 3.02. The largest absolute Gasteiger partial charge is 0.352 e. The standard InChI is InChI=1S/C27H29N9O4S2/c1-4-21-22(13-28)24(35-9-11-36(12-10-35)27-30-15-19(16-31-27)25(37)33-38)32-26(23(21)14-29)41-17-18-5-7-20(8-6-18)34(2)42(3,39)40/h5-8,15-16,38H,4,9-12,17H2,1-3H3,(H,33,37). The fourth-order valence-corrected chi connectivity index (χ4v) is 5.91. The maximum absolute atomic E-state index is 11.8. The summed E-state index contributed by atoms with van der Waals surface area (Å²) in [5.41, 5.74) is 4.58. The average molecular weight is 608 g/mol. The summed E-state index contributed by atoms with van der Waals surface area (Å²) in [4.78, 5) is 28.8. The Morgan fingerprint density at radius 1 is 1.07 bits per heavy atom. The summed E-state index contributed by atoms with van der Waals surface area (Å²) in [6, 6.07) is 11.7. The summed E-state index contributed by atoms with van der Waals surface area (Å²) in [6.45, 7) is 4.03. The van der Waals surface area contributed by atoms with Crippen LogP contribution in [-0.4, -0.2) is 74.0 Å². The lowest BCUT2D eigenvalue weighted by molar-refractivity contribution is 0.0705. The third-order valence-corrected chi connectivity index (χ3v) is 9.11. The van der Waals surface area contributed by atoms with Gasteiger partial charge in [0.05, 0.1) is 28.6 Å². The van der Waals surface area contributed by atoms with E-state index in [0.717, 1.165) is 11.8 Å². The highest BCUT2D eigenvalue weighted by molar-refractivity contribution is 7.98. The van der Waals surface area contributed by atoms with Gasteiger partial charge in [0, 0.05) is 51.4 Å². The first-order valence-electron chi connectivity index (χ1n) is 12.9. The number of benzene rings is 1. The smallest absolute Gasteiger partial charge is 0.277 e. The molecule has 218 valence electrons. The summed E-state index contributed by atoms with van der Waals surface area (Å²) in [5.74, 6) is 0.765. The number of piperazine rings is 1. The molecule has 1 saturated heterocycles. The highest BCUT2D eigenvalue weighted by atomic mass is 32.2. The summed E-state index contributed by atoms with van der Waals surface area (Å²) in [6.07, 6.45) is 4.31. The second-order valence-corrected chi connectivity index (χ2v) is 12.4. The molecule has 0 unspecified atom stereocenters. The Labute approximate surface area is 248 Å². The number of thioether (sulfide) groups is 1. The SMILES string of the molecule is CCc1c(C#N)c(SCc2ccc(N(C)S(C)(=O)=O)cc2)nc(N2CCN(c3ncc(C(=O)NO)cn3)CC2)c1C#N. The van der Waals surface area contributed by atoms with Crippen molar-refractivity contribution in [2.24, 2.45) is 0 Å². The van der Waals surface area contributed by atoms with Crippen molar-refractivity contribution in [1.82, 2.24) is 20.4 Å². The number of hydrogen-bond donors (Lipinski definition) is 2. The zero-order chi connectivity index (χ0) is 30.4. The minimum absolute atomic E-state index is 0.134. The van der Waals surface area contributed by atoms with Crippen molar-refractivity contribution in [3.05, 3.63) is 64.5 Å². The van der Waals surface area contributed by atoms with Crippen LogP contribution in [0.5, 0.6) is 0 Å². The number of hydroxylamine groups is 1. The van der Waals surface area contributed by atoms with Gasteiger partial charge in [-0.25, -0.2) is 28.8 Å². The topological polar surface area (TPSA) is 179 Å². The number of carbonyl (C=O) groups is 1. The van der Waals surface area contributed by atoms with Gasteiger partial charge in [-0.2, -0.15) is 10.5 Å². The van der Waals surface area contributed by atoms with E-state index in [9.17, 15) is 23.7 Å². The predicted octanol–water partition coefficient (Wildman–Crippen LogP) is 2.31. The van der Waals surface area contributed by atoms with Crippen LogP contribution in [0.15, 0.2) is 41.7 Å². The Balaban J connectivity index is 1.54. The lowest BCUT2D eigenvalue weighted by Crippen LogP contribution is -2.47. The van der Waals surface area contributed by atoms with Crippen LogP contribution >= 0.6 is 11.8 Å². The monoisotopic (exact) mass is 607 g/mol. The van der Waals surface area contributed by atoms with Gasteiger partial charge in [0.15, 0.2) is 0 Å². The quantitative estimate of drug-likeness (QED) is 0.206. The number of aromatic nitrogens is 3. The molecule has 0 saturated carbocycles. The molecule has 0 atom stereocenters. The minimum Gasteiger partial charge on any atom is -0.352 e. The van der Waals surface area contributed by atoms with E-state index in [-0.39, 0.29) is 5.56 Å². The Bertz CT molecular complexity index is 1640. The van der Waals surface area contributed by atoms with E-state index in [1.807, 2.05) is 28.9 Å². The maximum Gasteiger partial charge on any atom is 0.277 e. The summed E-state index contributed by atoms with van der Waals surface area (Å²) in [5, 5.41) is 29.4. The van der Waals surface area contributed by atoms with Crippen LogP contribution in [0.1, 0.15) is 39.5 Å². The number of pyridine rings is 1. The molecule has 0 aliphatic carbocycles. The van der Waals surface area contributed by atoms with E-state index in [1.165, 1.54) is 35.5 Å². The molecule has 42 heavy (non-hydrogen) atoms. The molecule has 4 rings (SSSR count). The van der Waals surface area contributed by atoms with Crippen LogP contribution in [0.25, 0.3) is 0 Å². The summed E-state index contributed by atoms with van der Waals surface area (Å²) in [7, 11) is -1.88. The number of nitrogens with one attached hydrogen (secondary N) is 1. The van der Waals surface area contributed by atoms with Gasteiger partial charge in [0.2, 0.25) is 16.0 Å². The van der Waals surface area contributed by atoms with E-state index >= 15 is 0 Å². The minimum atomic E-state index is -3.37. The van der Waals surface area contributed by atoms with Gasteiger partial charge in [0.1, 0.15) is 23.0 Å². The van der Waals surface area contributed by atoms with Crippen molar-refractivity contribution in [2.45, 2.75) is 24.1 Å². The van der Waals surface area contributed by atoms with Gasteiger partial charge in [-0.05, 0) is 29.7 Å². The molecule has 0 radical (unpaired) electrons. The number of hydrogen-bond acceptors (Lipinski definition) is 12. The predicted molar refractivity (Wildman–Crippen MR) is 158 cm³/mol. The normalized spacial score (nSPS) is 13.3. The highest BCUT2D eigenvalue weighted by Gasteiger charge is 2.26. The molecule has 1 aliphatic heterocycles. The number of amides is 1. The lowest BCUT2D eigenvalue weighted by atomic mass is 10.0. The van der Waals surface area contributed by atoms with Crippen LogP contribution < -0.4 is 19.6 Å². The zero-order valence-corrected chi connectivity index (χ0v) is 24.9. The van der Waals surface area contributed by atoms with Crippen LogP contribution in [0.4, 0.5) is 17.5 Å². The zero-order valence-electron chi connectivity index (χ0n) is 23.3. The highest BCUT2D eigenvalue weighted by Crippen LogP contribution is 2.34. The number of carbonyl (C=O) groups excluding carboxylic acids is 1. The lowest BCUT2D eigenvalue weighted by Gasteiger charge is -2.36. The van der Waals surface area contributed by atoms with E-state index in [2.05, 4.69) is 22.1 Å². The van der Waals surface area contributed by atoms with Crippen molar-refractivity contribution in [1.29, 1.82) is 10.5 Å². The molecule has 2 aromatic heterocycles. The molecule has 3 heterocycles. The molecule has 13 nitrogen and oxygen atoms in total. The first kappa shape index (κ1) is 30.5. The molecule has 0 bridgehead atoms. The van der Waals surface area contributed by atoms with E-state index < -0.39 is 15.9 Å². The maximum atomic E-state index is 11.8. The number of sulfonamides is 1. The number of nitriles is 2. The second-order valence-electron chi connectivity index (χ2n) is 9.42. The molecular formula is C27H29N9O4S2. The second kappa shape index (κ2) is 13.0. The van der Waals surface area contributed by atoms with E-state index in [1.54, 1.807) is 17.6 Å². The molecule has 3 aromatic rings. The van der Waals surface area contributed by atoms with Crippen LogP contribution in [0, 0.1) is 22.7 Å². The van der Waals surface area contributed by atoms with Crippen molar-refractivity contribution < 1.29 is 18.4 Å². The number of anilines is 3. The Morgan fingerprint density at radius 3 is 2.19 bits per heavy atom. The van der Waals surface area contributed by atoms with Crippen LogP contribution in [0.3, 0.4) is 0 Å². The van der Waals surface area contributed by atoms with E-state index in [4.69, 9.17) is 10.2 Å². The van der Waals surface area contributed by atoms with Crippen molar-refractivity contribution >= 4 is 45.1 Å². The van der Waals surface area contributed by atoms with Crippen molar-refractivity contribution in [3.8, 4) is 12.1 Å². The van der Waals surface area contributed by atoms with Gasteiger partial charge in [-0.15, -0.1) is 11.8 Å². The fraction of sp³-hybridized carbons (Fsp3) is 0.333. The van der Waals surface area contributed by atoms with Crippen LogP contribution in [-0.2, 0) is 22.2 Å². The third-order valence-electron chi connectivity index (χ3n) is 6.86. The molecule has 1 aliphatic rings. The van der Waals surface area contributed by atoms with Gasteiger partial charge in [-0.3, -0.25) is 14.3 Å². The summed E-state index contributed by atoms with van der Waals surface area (Å²) < 4.78 is 24.9. The Morgan fingerprint density at radius 2 is 1.67 bits per heavy atom. The Hall–Kier alpha value is -4.44. The van der Waals surface area contributed by atoms with Gasteiger partial charge in [-0.1, -0.05) is 19.1 Å². The molecule has 1 amide bonds. The van der Waals surface area contributed by atoms with Gasteiger partial charge in [0.25, 0.3) is 5.91 Å².